The highest BCUT2D eigenvalue weighted by atomic mass is 16.2. The van der Waals surface area contributed by atoms with Crippen molar-refractivity contribution in [1.29, 1.82) is 0 Å². The van der Waals surface area contributed by atoms with E-state index < -0.39 is 0 Å². The van der Waals surface area contributed by atoms with Gasteiger partial charge in [0.1, 0.15) is 7.05 Å². The second kappa shape index (κ2) is 9.79. The van der Waals surface area contributed by atoms with E-state index in [4.69, 9.17) is 10.1 Å². The summed E-state index contributed by atoms with van der Waals surface area (Å²) in [6.07, 6.45) is 8.17. The molecule has 2 aliphatic rings. The molecule has 7 nitrogen and oxygen atoms in total. The first-order chi connectivity index (χ1) is 17.5. The zero-order valence-electron chi connectivity index (χ0n) is 20.4. The summed E-state index contributed by atoms with van der Waals surface area (Å²) in [4.78, 5) is 32.8. The van der Waals surface area contributed by atoms with Crippen LogP contribution in [0.3, 0.4) is 0 Å². The number of carbonyl (C=O) groups is 2. The van der Waals surface area contributed by atoms with E-state index in [-0.39, 0.29) is 22.7 Å². The molecule has 3 aromatic rings. The highest BCUT2D eigenvalue weighted by Crippen LogP contribution is 2.33. The fraction of sp³-hybridized carbons (Fsp3) is 0.207. The van der Waals surface area contributed by atoms with E-state index in [9.17, 15) is 9.59 Å². The Balaban J connectivity index is 1.49. The van der Waals surface area contributed by atoms with Gasteiger partial charge < -0.3 is 5.32 Å². The van der Waals surface area contributed by atoms with E-state index in [1.165, 1.54) is 0 Å². The van der Waals surface area contributed by atoms with Gasteiger partial charge in [-0.2, -0.15) is 4.99 Å². The Labute approximate surface area is 210 Å². The molecule has 0 spiro atoms. The minimum Gasteiger partial charge on any atom is -0.323 e. The molecule has 3 heterocycles. The number of nitrogens with one attached hydrogen (secondary N) is 1. The molecule has 1 amide bonds. The van der Waals surface area contributed by atoms with Crippen LogP contribution in [-0.2, 0) is 9.59 Å². The largest absolute Gasteiger partial charge is 0.323 e. The van der Waals surface area contributed by atoms with E-state index in [1.807, 2.05) is 36.4 Å². The predicted octanol–water partition coefficient (Wildman–Crippen LogP) is 5.08. The number of hydrogen-bond donors (Lipinski definition) is 1. The summed E-state index contributed by atoms with van der Waals surface area (Å²) in [7, 11) is 2.07. The number of rotatable bonds is 7. The van der Waals surface area contributed by atoms with E-state index >= 15 is 0 Å². The standard InChI is InChI=1S/C29H27N5O2/c1-3-4-9-27-32-29(21-14-16-30-17-15-21)33-34(27,2)23-12-10-20(11-13-23)24-8-6-5-7-22(24)18-25-26(35)19-28(36)31-25/h5-8,10-18H,3-4,9,19H2,1-2H3/p+1/b25-18-. The number of Topliss-reactive ketones (excluding diaryl/α,β-unsaturated/α-hetero) is 1. The minimum atomic E-state index is -0.261. The summed E-state index contributed by atoms with van der Waals surface area (Å²) in [5.74, 6) is 1.29. The Morgan fingerprint density at radius 3 is 2.42 bits per heavy atom. The maximum absolute atomic E-state index is 12.1. The molecule has 36 heavy (non-hydrogen) atoms. The summed E-state index contributed by atoms with van der Waals surface area (Å²) in [6.45, 7) is 2.18. The summed E-state index contributed by atoms with van der Waals surface area (Å²) in [6, 6.07) is 20.0. The van der Waals surface area contributed by atoms with Gasteiger partial charge in [-0.1, -0.05) is 37.6 Å². The quantitative estimate of drug-likeness (QED) is 0.292. The third kappa shape index (κ3) is 4.53. The van der Waals surface area contributed by atoms with Crippen LogP contribution < -0.4 is 9.91 Å². The molecule has 1 aromatic heterocycles. The third-order valence-corrected chi connectivity index (χ3v) is 6.56. The van der Waals surface area contributed by atoms with Crippen LogP contribution in [0.4, 0.5) is 5.69 Å². The Morgan fingerprint density at radius 1 is 0.972 bits per heavy atom. The third-order valence-electron chi connectivity index (χ3n) is 6.56. The molecular formula is C29H28N5O2+. The van der Waals surface area contributed by atoms with Gasteiger partial charge in [0.05, 0.1) is 12.1 Å². The second-order valence-electron chi connectivity index (χ2n) is 9.09. The number of allylic oxidation sites excluding steroid dienone is 1. The molecule has 1 atom stereocenters. The average Bonchev–Trinajstić information content (AvgIpc) is 3.41. The molecule has 5 rings (SSSR count). The predicted molar refractivity (Wildman–Crippen MR) is 143 cm³/mol. The SMILES string of the molecule is CCCCC1=NC(c2ccncc2)=N[N+]1(C)c1ccc(-c2ccccc2/C=C2\NC(=O)CC2=O)cc1. The van der Waals surface area contributed by atoms with Crippen LogP contribution in [-0.4, -0.2) is 35.4 Å². The number of amidine groups is 2. The van der Waals surface area contributed by atoms with Gasteiger partial charge in [0.2, 0.25) is 17.6 Å². The van der Waals surface area contributed by atoms with E-state index in [1.54, 1.807) is 18.5 Å². The second-order valence-corrected chi connectivity index (χ2v) is 9.09. The van der Waals surface area contributed by atoms with Crippen LogP contribution >= 0.6 is 0 Å². The lowest BCUT2D eigenvalue weighted by Gasteiger charge is -2.24. The first-order valence-electron chi connectivity index (χ1n) is 12.2. The molecule has 2 aliphatic heterocycles. The Bertz CT molecular complexity index is 1410. The molecule has 0 saturated carbocycles. The van der Waals surface area contributed by atoms with Gasteiger partial charge >= 0.3 is 0 Å². The van der Waals surface area contributed by atoms with Crippen LogP contribution in [0.15, 0.2) is 88.8 Å². The number of amides is 1. The summed E-state index contributed by atoms with van der Waals surface area (Å²) < 4.78 is 0.282. The van der Waals surface area contributed by atoms with Gasteiger partial charge in [0.15, 0.2) is 11.5 Å². The van der Waals surface area contributed by atoms with Crippen molar-refractivity contribution in [2.24, 2.45) is 10.1 Å². The van der Waals surface area contributed by atoms with Gasteiger partial charge in [0.25, 0.3) is 0 Å². The lowest BCUT2D eigenvalue weighted by atomic mass is 9.98. The molecule has 0 radical (unpaired) electrons. The number of aromatic nitrogens is 1. The molecule has 7 heteroatoms. The molecule has 2 aromatic carbocycles. The Kier molecular flexibility index (Phi) is 6.40. The van der Waals surface area contributed by atoms with Crippen LogP contribution in [0.25, 0.3) is 17.2 Å². The monoisotopic (exact) mass is 478 g/mol. The van der Waals surface area contributed by atoms with E-state index in [0.29, 0.717) is 5.70 Å². The molecule has 1 saturated heterocycles. The maximum Gasteiger partial charge on any atom is 0.236 e. The molecule has 180 valence electrons. The number of nitrogens with zero attached hydrogens (tertiary/aromatic N) is 4. The smallest absolute Gasteiger partial charge is 0.236 e. The van der Waals surface area contributed by atoms with E-state index in [2.05, 4.69) is 48.5 Å². The van der Waals surface area contributed by atoms with E-state index in [0.717, 1.165) is 58.9 Å². The highest BCUT2D eigenvalue weighted by molar-refractivity contribution is 6.17. The van der Waals surface area contributed by atoms with Crippen molar-refractivity contribution < 1.29 is 9.59 Å². The van der Waals surface area contributed by atoms with Gasteiger partial charge in [-0.05, 0) is 58.6 Å². The zero-order chi connectivity index (χ0) is 25.1. The van der Waals surface area contributed by atoms with Gasteiger partial charge in [0, 0.05) is 36.5 Å². The van der Waals surface area contributed by atoms with Gasteiger partial charge in [-0.15, -0.1) is 4.59 Å². The number of hydrogen-bond acceptors (Lipinski definition) is 5. The van der Waals surface area contributed by atoms with Crippen molar-refractivity contribution in [2.45, 2.75) is 32.6 Å². The molecule has 0 aliphatic carbocycles. The number of pyridine rings is 1. The normalized spacial score (nSPS) is 20.4. The Hall–Kier alpha value is -4.23. The number of unbranched alkanes of at least 4 members (excludes halogenated alkanes) is 1. The fourth-order valence-electron chi connectivity index (χ4n) is 4.52. The molecule has 1 unspecified atom stereocenters. The van der Waals surface area contributed by atoms with Crippen molar-refractivity contribution in [1.82, 2.24) is 14.9 Å². The lowest BCUT2D eigenvalue weighted by Crippen LogP contribution is -2.43. The van der Waals surface area contributed by atoms with Crippen molar-refractivity contribution in [3.63, 3.8) is 0 Å². The topological polar surface area (TPSA) is 83.8 Å². The fourth-order valence-corrected chi connectivity index (χ4v) is 4.52. The number of ketones is 1. The van der Waals surface area contributed by atoms with Crippen molar-refractivity contribution in [2.75, 3.05) is 7.05 Å². The van der Waals surface area contributed by atoms with Crippen molar-refractivity contribution in [3.8, 4) is 11.1 Å². The zero-order valence-corrected chi connectivity index (χ0v) is 20.4. The van der Waals surface area contributed by atoms with Crippen LogP contribution in [0.1, 0.15) is 43.7 Å². The minimum absolute atomic E-state index is 0.0941. The number of quaternary nitrogens is 1. The number of benzene rings is 2. The molecular weight excluding hydrogens is 450 g/mol. The lowest BCUT2D eigenvalue weighted by molar-refractivity contribution is -0.121. The average molecular weight is 479 g/mol. The Morgan fingerprint density at radius 2 is 1.72 bits per heavy atom. The number of carbonyl (C=O) groups excluding carboxylic acids is 2. The summed E-state index contributed by atoms with van der Waals surface area (Å²) in [5, 5.41) is 7.69. The molecule has 1 fully saturated rings. The van der Waals surface area contributed by atoms with Gasteiger partial charge in [-0.25, -0.2) is 0 Å². The maximum atomic E-state index is 12.1. The van der Waals surface area contributed by atoms with Crippen LogP contribution in [0, 0.1) is 0 Å². The summed E-state index contributed by atoms with van der Waals surface area (Å²) in [5.41, 5.74) is 5.18. The first kappa shape index (κ1) is 23.5. The van der Waals surface area contributed by atoms with Crippen LogP contribution in [0.5, 0.6) is 0 Å². The van der Waals surface area contributed by atoms with Crippen molar-refractivity contribution >= 4 is 35.1 Å². The summed E-state index contributed by atoms with van der Waals surface area (Å²) >= 11 is 0. The van der Waals surface area contributed by atoms with Crippen LogP contribution in [0.2, 0.25) is 0 Å². The van der Waals surface area contributed by atoms with Gasteiger partial charge in [-0.3, -0.25) is 14.6 Å². The highest BCUT2D eigenvalue weighted by Gasteiger charge is 2.38. The number of aliphatic imine (C=N–C) groups is 1. The molecule has 1 N–H and O–H groups in total. The van der Waals surface area contributed by atoms with Crippen molar-refractivity contribution in [3.05, 3.63) is 89.9 Å². The first-order valence-corrected chi connectivity index (χ1v) is 12.2. The molecule has 0 bridgehead atoms.